The third-order valence-corrected chi connectivity index (χ3v) is 2.89. The van der Waals surface area contributed by atoms with Gasteiger partial charge in [-0.1, -0.05) is 6.07 Å². The first-order valence-electron chi connectivity index (χ1n) is 6.99. The van der Waals surface area contributed by atoms with E-state index in [-0.39, 0.29) is 12.2 Å². The Morgan fingerprint density at radius 2 is 1.86 bits per heavy atom. The maximum Gasteiger partial charge on any atom is 0.516 e. The van der Waals surface area contributed by atoms with Crippen LogP contribution in [0.3, 0.4) is 0 Å². The monoisotopic (exact) mass is 309 g/mol. The Balaban J connectivity index is 2.71. The maximum absolute atomic E-state index is 11.8. The first kappa shape index (κ1) is 18.0. The molecule has 0 heterocycles. The molecule has 0 unspecified atom stereocenters. The maximum atomic E-state index is 11.8. The lowest BCUT2D eigenvalue weighted by Crippen LogP contribution is -2.37. The number of carbonyl (C=O) groups is 2. The van der Waals surface area contributed by atoms with Gasteiger partial charge in [-0.05, 0) is 57.4 Å². The molecule has 0 bridgehead atoms. The van der Waals surface area contributed by atoms with Crippen molar-refractivity contribution in [3.05, 3.63) is 28.8 Å². The van der Waals surface area contributed by atoms with Crippen molar-refractivity contribution in [2.45, 2.75) is 52.7 Å². The Morgan fingerprint density at radius 1 is 1.27 bits per heavy atom. The molecule has 0 fully saturated rings. The first-order chi connectivity index (χ1) is 9.99. The van der Waals surface area contributed by atoms with E-state index in [2.05, 4.69) is 4.74 Å². The molecule has 0 aliphatic carbocycles. The summed E-state index contributed by atoms with van der Waals surface area (Å²) in [5.41, 5.74) is 7.27. The van der Waals surface area contributed by atoms with Crippen molar-refractivity contribution in [2.24, 2.45) is 5.73 Å². The molecule has 0 saturated carbocycles. The molecule has 0 aromatic heterocycles. The summed E-state index contributed by atoms with van der Waals surface area (Å²) < 4.78 is 9.44. The van der Waals surface area contributed by atoms with E-state index < -0.39 is 23.8 Å². The molecule has 0 saturated heterocycles. The molecule has 3 N–H and O–H groups in total. The third kappa shape index (κ3) is 5.37. The smallest absolute Gasteiger partial charge is 0.508 e. The number of hydrogen-bond donors (Lipinski definition) is 2. The Hall–Kier alpha value is -2.08. The highest BCUT2D eigenvalue weighted by Gasteiger charge is 2.25. The van der Waals surface area contributed by atoms with E-state index in [1.165, 1.54) is 0 Å². The first-order valence-corrected chi connectivity index (χ1v) is 6.99. The molecule has 122 valence electrons. The normalized spacial score (nSPS) is 12.6. The number of rotatable bonds is 3. The van der Waals surface area contributed by atoms with Crippen LogP contribution in [-0.2, 0) is 20.7 Å². The van der Waals surface area contributed by atoms with E-state index in [1.807, 2.05) is 19.9 Å². The summed E-state index contributed by atoms with van der Waals surface area (Å²) in [5.74, 6) is -0.827. The molecule has 1 atom stereocenters. The number of aromatic hydroxyl groups is 1. The second kappa shape index (κ2) is 6.79. The molecule has 0 radical (unpaired) electrons. The lowest BCUT2D eigenvalue weighted by molar-refractivity contribution is -0.142. The van der Waals surface area contributed by atoms with Crippen LogP contribution >= 0.6 is 0 Å². The highest BCUT2D eigenvalue weighted by Crippen LogP contribution is 2.24. The van der Waals surface area contributed by atoms with Crippen LogP contribution in [0.2, 0.25) is 0 Å². The molecule has 0 spiro atoms. The number of phenols is 1. The van der Waals surface area contributed by atoms with E-state index >= 15 is 0 Å². The number of hydrogen-bond acceptors (Lipinski definition) is 6. The summed E-state index contributed by atoms with van der Waals surface area (Å²) >= 11 is 0. The Labute approximate surface area is 130 Å². The molecule has 0 aliphatic heterocycles. The van der Waals surface area contributed by atoms with Gasteiger partial charge < -0.3 is 20.3 Å². The van der Waals surface area contributed by atoms with Crippen molar-refractivity contribution in [3.63, 3.8) is 0 Å². The van der Waals surface area contributed by atoms with Crippen molar-refractivity contribution >= 4 is 12.1 Å². The molecule has 1 rings (SSSR count). The van der Waals surface area contributed by atoms with E-state index in [0.717, 1.165) is 11.1 Å². The number of carbonyl (C=O) groups excluding carboxylic acids is 2. The van der Waals surface area contributed by atoms with Crippen LogP contribution in [0.15, 0.2) is 12.1 Å². The van der Waals surface area contributed by atoms with Gasteiger partial charge in [0.2, 0.25) is 0 Å². The quantitative estimate of drug-likeness (QED) is 0.657. The number of aryl methyl sites for hydroxylation is 2. The Bertz CT molecular complexity index is 551. The van der Waals surface area contributed by atoms with Crippen molar-refractivity contribution in [2.75, 3.05) is 0 Å². The number of nitrogens with two attached hydrogens (primary N) is 1. The molecule has 22 heavy (non-hydrogen) atoms. The van der Waals surface area contributed by atoms with Gasteiger partial charge in [0.05, 0.1) is 0 Å². The van der Waals surface area contributed by atoms with Gasteiger partial charge in [-0.25, -0.2) is 9.59 Å². The van der Waals surface area contributed by atoms with E-state index in [9.17, 15) is 14.7 Å². The van der Waals surface area contributed by atoms with Gasteiger partial charge in [0.15, 0.2) is 0 Å². The largest absolute Gasteiger partial charge is 0.516 e. The zero-order valence-corrected chi connectivity index (χ0v) is 13.6. The van der Waals surface area contributed by atoms with Gasteiger partial charge in [-0.3, -0.25) is 0 Å². The average Bonchev–Trinajstić information content (AvgIpc) is 2.30. The van der Waals surface area contributed by atoms with Crippen LogP contribution in [0.1, 0.15) is 37.5 Å². The topological polar surface area (TPSA) is 98.9 Å². The summed E-state index contributed by atoms with van der Waals surface area (Å²) in [7, 11) is 0. The summed E-state index contributed by atoms with van der Waals surface area (Å²) in [6.07, 6.45) is -1.02. The second-order valence-electron chi connectivity index (χ2n) is 6.28. The molecule has 0 aliphatic rings. The molecular weight excluding hydrogens is 286 g/mol. The molecule has 6 nitrogen and oxygen atoms in total. The molecule has 0 amide bonds. The van der Waals surface area contributed by atoms with Crippen LogP contribution in [0, 0.1) is 13.8 Å². The fourth-order valence-electron chi connectivity index (χ4n) is 1.97. The average molecular weight is 309 g/mol. The van der Waals surface area contributed by atoms with Crippen molar-refractivity contribution in [3.8, 4) is 5.75 Å². The predicted molar refractivity (Wildman–Crippen MR) is 81.6 cm³/mol. The predicted octanol–water partition coefficient (Wildman–Crippen LogP) is 2.36. The lowest BCUT2D eigenvalue weighted by atomic mass is 9.98. The molecule has 1 aromatic carbocycles. The highest BCUT2D eigenvalue weighted by molar-refractivity contribution is 5.85. The fourth-order valence-corrected chi connectivity index (χ4v) is 1.97. The van der Waals surface area contributed by atoms with Gasteiger partial charge in [0.1, 0.15) is 17.4 Å². The Kier molecular flexibility index (Phi) is 5.54. The van der Waals surface area contributed by atoms with Gasteiger partial charge in [0.25, 0.3) is 0 Å². The SMILES string of the molecule is Cc1cc(C)c(C[C@H](N)C(=O)OC(=O)OC(C)(C)C)c(O)c1. The van der Waals surface area contributed by atoms with E-state index in [1.54, 1.807) is 26.8 Å². The van der Waals surface area contributed by atoms with Crippen LogP contribution in [0.4, 0.5) is 4.79 Å². The number of phenolic OH excluding ortho intramolecular Hbond substituents is 1. The minimum absolute atomic E-state index is 0.0676. The number of ether oxygens (including phenoxy) is 2. The van der Waals surface area contributed by atoms with Crippen molar-refractivity contribution < 1.29 is 24.2 Å². The van der Waals surface area contributed by atoms with Crippen LogP contribution in [0.5, 0.6) is 5.75 Å². The van der Waals surface area contributed by atoms with Crippen molar-refractivity contribution in [1.29, 1.82) is 0 Å². The Morgan fingerprint density at radius 3 is 2.36 bits per heavy atom. The summed E-state index contributed by atoms with van der Waals surface area (Å²) in [6, 6.07) is 2.40. The zero-order chi connectivity index (χ0) is 17.1. The zero-order valence-electron chi connectivity index (χ0n) is 13.6. The minimum atomic E-state index is -1.09. The third-order valence-electron chi connectivity index (χ3n) is 2.89. The van der Waals surface area contributed by atoms with Crippen molar-refractivity contribution in [1.82, 2.24) is 0 Å². The fraction of sp³-hybridized carbons (Fsp3) is 0.500. The second-order valence-corrected chi connectivity index (χ2v) is 6.28. The minimum Gasteiger partial charge on any atom is -0.508 e. The highest BCUT2D eigenvalue weighted by atomic mass is 16.7. The molecule has 6 heteroatoms. The number of benzene rings is 1. The van der Waals surface area contributed by atoms with Gasteiger partial charge in [-0.15, -0.1) is 0 Å². The van der Waals surface area contributed by atoms with Crippen LogP contribution in [-0.4, -0.2) is 28.9 Å². The lowest BCUT2D eigenvalue weighted by Gasteiger charge is -2.19. The summed E-state index contributed by atoms with van der Waals surface area (Å²) in [4.78, 5) is 23.2. The number of esters is 1. The van der Waals surface area contributed by atoms with Gasteiger partial charge in [0, 0.05) is 6.42 Å². The summed E-state index contributed by atoms with van der Waals surface area (Å²) in [5, 5.41) is 9.94. The van der Waals surface area contributed by atoms with E-state index in [4.69, 9.17) is 10.5 Å². The molecular formula is C16H23NO5. The molecule has 1 aromatic rings. The van der Waals surface area contributed by atoms with Gasteiger partial charge >= 0.3 is 12.1 Å². The van der Waals surface area contributed by atoms with Crippen LogP contribution in [0.25, 0.3) is 0 Å². The van der Waals surface area contributed by atoms with Crippen LogP contribution < -0.4 is 5.73 Å². The van der Waals surface area contributed by atoms with E-state index in [0.29, 0.717) is 5.56 Å². The van der Waals surface area contributed by atoms with Gasteiger partial charge in [-0.2, -0.15) is 0 Å². The standard InChI is InChI=1S/C16H23NO5/c1-9-6-10(2)11(13(18)7-9)8-12(17)14(19)21-15(20)22-16(3,4)5/h6-7,12,18H,8,17H2,1-5H3/t12-/m0/s1. The summed E-state index contributed by atoms with van der Waals surface area (Å²) in [6.45, 7) is 8.65.